The summed E-state index contributed by atoms with van der Waals surface area (Å²) < 4.78 is 51.4. The van der Waals surface area contributed by atoms with Gasteiger partial charge < -0.3 is 9.47 Å². The number of anilines is 1. The van der Waals surface area contributed by atoms with Gasteiger partial charge in [0.05, 0.1) is 19.4 Å². The van der Waals surface area contributed by atoms with Crippen LogP contribution in [0.5, 0.6) is 5.75 Å². The van der Waals surface area contributed by atoms with E-state index < -0.39 is 26.7 Å². The van der Waals surface area contributed by atoms with Crippen molar-refractivity contribution in [2.45, 2.75) is 11.8 Å². The number of esters is 1. The zero-order valence-corrected chi connectivity index (χ0v) is 15.1. The lowest BCUT2D eigenvalue weighted by Crippen LogP contribution is -2.18. The topological polar surface area (TPSA) is 81.7 Å². The van der Waals surface area contributed by atoms with Crippen LogP contribution in [0.4, 0.5) is 10.1 Å². The molecule has 8 heteroatoms. The Balaban J connectivity index is 2.62. The van der Waals surface area contributed by atoms with E-state index in [2.05, 4.69) is 11.3 Å². The summed E-state index contributed by atoms with van der Waals surface area (Å²) in [4.78, 5) is 11.7. The number of benzene rings is 2. The van der Waals surface area contributed by atoms with Crippen LogP contribution < -0.4 is 9.46 Å². The molecule has 0 heterocycles. The molecule has 0 saturated heterocycles. The van der Waals surface area contributed by atoms with Gasteiger partial charge in [0, 0.05) is 5.56 Å². The first-order valence-electron chi connectivity index (χ1n) is 7.63. The number of ether oxygens (including phenoxy) is 2. The van der Waals surface area contributed by atoms with E-state index in [9.17, 15) is 17.6 Å². The minimum absolute atomic E-state index is 0.0887. The van der Waals surface area contributed by atoms with Crippen molar-refractivity contribution in [1.82, 2.24) is 0 Å². The average Bonchev–Trinajstić information content (AvgIpc) is 2.61. The van der Waals surface area contributed by atoms with Gasteiger partial charge in [-0.15, -0.1) is 0 Å². The Morgan fingerprint density at radius 1 is 1.27 bits per heavy atom. The average molecular weight is 379 g/mol. The molecule has 0 unspecified atom stereocenters. The fraction of sp³-hybridized carbons (Fsp3) is 0.167. The van der Waals surface area contributed by atoms with Crippen LogP contribution in [0.2, 0.25) is 0 Å². The van der Waals surface area contributed by atoms with Crippen LogP contribution in [0, 0.1) is 5.82 Å². The van der Waals surface area contributed by atoms with Gasteiger partial charge in [-0.2, -0.15) is 0 Å². The molecule has 2 aromatic rings. The van der Waals surface area contributed by atoms with Crippen molar-refractivity contribution in [1.29, 1.82) is 0 Å². The van der Waals surface area contributed by atoms with E-state index in [1.165, 1.54) is 30.3 Å². The van der Waals surface area contributed by atoms with Crippen molar-refractivity contribution in [2.75, 3.05) is 18.4 Å². The van der Waals surface area contributed by atoms with Crippen LogP contribution in [0.1, 0.15) is 22.8 Å². The maximum atomic E-state index is 13.9. The summed E-state index contributed by atoms with van der Waals surface area (Å²) in [6.07, 6.45) is 1.46. The maximum absolute atomic E-state index is 13.9. The smallest absolute Gasteiger partial charge is 0.343 e. The van der Waals surface area contributed by atoms with Gasteiger partial charge in [-0.1, -0.05) is 24.8 Å². The number of carbonyl (C=O) groups is 1. The van der Waals surface area contributed by atoms with Gasteiger partial charge >= 0.3 is 5.97 Å². The summed E-state index contributed by atoms with van der Waals surface area (Å²) in [5.41, 5.74) is 0.280. The molecule has 0 bridgehead atoms. The summed E-state index contributed by atoms with van der Waals surface area (Å²) in [5.74, 6) is -1.58. The highest BCUT2D eigenvalue weighted by molar-refractivity contribution is 7.92. The molecule has 0 fully saturated rings. The van der Waals surface area contributed by atoms with Gasteiger partial charge in [0.1, 0.15) is 22.0 Å². The fourth-order valence-electron chi connectivity index (χ4n) is 2.31. The molecule has 0 atom stereocenters. The first-order valence-corrected chi connectivity index (χ1v) is 9.12. The predicted molar refractivity (Wildman–Crippen MR) is 96.3 cm³/mol. The highest BCUT2D eigenvalue weighted by Gasteiger charge is 2.26. The lowest BCUT2D eigenvalue weighted by Gasteiger charge is -2.17. The lowest BCUT2D eigenvalue weighted by atomic mass is 10.1. The minimum Gasteiger partial charge on any atom is -0.492 e. The minimum atomic E-state index is -4.27. The van der Waals surface area contributed by atoms with Gasteiger partial charge in [0.15, 0.2) is 0 Å². The Bertz CT molecular complexity index is 941. The zero-order valence-electron chi connectivity index (χ0n) is 14.3. The second-order valence-corrected chi connectivity index (χ2v) is 6.72. The summed E-state index contributed by atoms with van der Waals surface area (Å²) in [6.45, 7) is 5.59. The third-order valence-corrected chi connectivity index (χ3v) is 4.86. The molecule has 0 aliphatic rings. The third kappa shape index (κ3) is 3.85. The van der Waals surface area contributed by atoms with E-state index in [0.29, 0.717) is 5.56 Å². The fourth-order valence-corrected chi connectivity index (χ4v) is 3.46. The van der Waals surface area contributed by atoms with E-state index in [-0.39, 0.29) is 23.6 Å². The van der Waals surface area contributed by atoms with E-state index in [4.69, 9.17) is 9.47 Å². The van der Waals surface area contributed by atoms with Gasteiger partial charge in [-0.25, -0.2) is 17.6 Å². The zero-order chi connectivity index (χ0) is 19.3. The summed E-state index contributed by atoms with van der Waals surface area (Å²) in [6, 6.07) is 7.82. The Hall–Kier alpha value is -2.87. The maximum Gasteiger partial charge on any atom is 0.343 e. The van der Waals surface area contributed by atoms with Crippen LogP contribution in [0.25, 0.3) is 6.08 Å². The normalized spacial score (nSPS) is 10.9. The molecule has 0 saturated carbocycles. The molecule has 0 radical (unpaired) electrons. The molecular weight excluding hydrogens is 361 g/mol. The van der Waals surface area contributed by atoms with Gasteiger partial charge in [0.2, 0.25) is 0 Å². The second kappa shape index (κ2) is 8.01. The quantitative estimate of drug-likeness (QED) is 0.745. The number of hydrogen-bond acceptors (Lipinski definition) is 5. The van der Waals surface area contributed by atoms with Gasteiger partial charge in [0.25, 0.3) is 10.0 Å². The van der Waals surface area contributed by atoms with Crippen molar-refractivity contribution < 1.29 is 27.1 Å². The molecule has 0 spiro atoms. The highest BCUT2D eigenvalue weighted by atomic mass is 32.2. The molecular formula is C18H18FNO5S. The number of nitrogens with one attached hydrogen (secondary N) is 1. The van der Waals surface area contributed by atoms with Crippen molar-refractivity contribution in [2.24, 2.45) is 0 Å². The molecule has 1 N–H and O–H groups in total. The molecule has 138 valence electrons. The first kappa shape index (κ1) is 19.5. The number of sulfonamides is 1. The van der Waals surface area contributed by atoms with Gasteiger partial charge in [-0.3, -0.25) is 4.72 Å². The van der Waals surface area contributed by atoms with Crippen LogP contribution in [0.3, 0.4) is 0 Å². The number of halogens is 1. The molecule has 2 aromatic carbocycles. The van der Waals surface area contributed by atoms with Gasteiger partial charge in [-0.05, 0) is 31.2 Å². The Morgan fingerprint density at radius 3 is 2.54 bits per heavy atom. The van der Waals surface area contributed by atoms with E-state index in [1.54, 1.807) is 6.92 Å². The molecule has 2 rings (SSSR count). The Labute approximate surface area is 151 Å². The molecule has 6 nitrogen and oxygen atoms in total. The monoisotopic (exact) mass is 379 g/mol. The van der Waals surface area contributed by atoms with Crippen molar-refractivity contribution in [3.8, 4) is 5.75 Å². The molecule has 0 amide bonds. The van der Waals surface area contributed by atoms with E-state index in [1.807, 2.05) is 0 Å². The molecule has 0 aliphatic heterocycles. The summed E-state index contributed by atoms with van der Waals surface area (Å²) in [7, 11) is -3.11. The summed E-state index contributed by atoms with van der Waals surface area (Å²) >= 11 is 0. The number of methoxy groups -OCH3 is 1. The number of hydrogen-bond donors (Lipinski definition) is 1. The number of carbonyl (C=O) groups excluding carboxylic acids is 1. The van der Waals surface area contributed by atoms with Crippen molar-refractivity contribution >= 4 is 27.8 Å². The SMILES string of the molecule is C=Cc1ccc(NS(=O)(=O)c2ccccc2F)c(C(=O)OC)c1OCC. The highest BCUT2D eigenvalue weighted by Crippen LogP contribution is 2.34. The van der Waals surface area contributed by atoms with E-state index >= 15 is 0 Å². The van der Waals surface area contributed by atoms with Crippen LogP contribution in [0.15, 0.2) is 47.9 Å². The largest absolute Gasteiger partial charge is 0.492 e. The van der Waals surface area contributed by atoms with Crippen LogP contribution in [-0.4, -0.2) is 28.1 Å². The number of rotatable bonds is 7. The van der Waals surface area contributed by atoms with Crippen molar-refractivity contribution in [3.63, 3.8) is 0 Å². The predicted octanol–water partition coefficient (Wildman–Crippen LogP) is 3.45. The third-order valence-electron chi connectivity index (χ3n) is 3.46. The lowest BCUT2D eigenvalue weighted by molar-refractivity contribution is 0.0597. The summed E-state index contributed by atoms with van der Waals surface area (Å²) in [5, 5.41) is 0. The first-order chi connectivity index (χ1) is 12.4. The van der Waals surface area contributed by atoms with E-state index in [0.717, 1.165) is 19.2 Å². The molecule has 26 heavy (non-hydrogen) atoms. The molecule has 0 aliphatic carbocycles. The Morgan fingerprint density at radius 2 is 1.96 bits per heavy atom. The van der Waals surface area contributed by atoms with Crippen LogP contribution >= 0.6 is 0 Å². The standard InChI is InChI=1S/C18H18FNO5S/c1-4-12-10-11-14(16(18(21)24-3)17(12)25-5-2)20-26(22,23)15-9-7-6-8-13(15)19/h4,6-11,20H,1,5H2,2-3H3. The van der Waals surface area contributed by atoms with Crippen LogP contribution in [-0.2, 0) is 14.8 Å². The molecule has 0 aromatic heterocycles. The Kier molecular flexibility index (Phi) is 5.99. The second-order valence-electron chi connectivity index (χ2n) is 5.07. The van der Waals surface area contributed by atoms with Crippen molar-refractivity contribution in [3.05, 3.63) is 59.9 Å².